The van der Waals surface area contributed by atoms with Crippen LogP contribution in [0.15, 0.2) is 72.3 Å². The van der Waals surface area contributed by atoms with Crippen LogP contribution in [0.2, 0.25) is 0 Å². The van der Waals surface area contributed by atoms with Gasteiger partial charge in [-0.1, -0.05) is 39.0 Å². The minimum Gasteiger partial charge on any atom is -0.507 e. The normalized spacial score (nSPS) is 17.7. The lowest BCUT2D eigenvalue weighted by atomic mass is 9.85. The Hall–Kier alpha value is -4.14. The molecule has 198 valence electrons. The van der Waals surface area contributed by atoms with E-state index in [9.17, 15) is 32.3 Å². The third-order valence-electron chi connectivity index (χ3n) is 6.42. The molecule has 38 heavy (non-hydrogen) atoms. The molecule has 3 aromatic rings. The smallest absolute Gasteiger partial charge is 0.416 e. The van der Waals surface area contributed by atoms with Crippen molar-refractivity contribution in [2.24, 2.45) is 0 Å². The van der Waals surface area contributed by atoms with E-state index in [4.69, 9.17) is 4.74 Å². The predicted molar refractivity (Wildman–Crippen MR) is 134 cm³/mol. The number of rotatable bonds is 4. The lowest BCUT2D eigenvalue weighted by Gasteiger charge is -2.26. The van der Waals surface area contributed by atoms with Crippen LogP contribution in [0.25, 0.3) is 5.76 Å². The first-order chi connectivity index (χ1) is 17.7. The van der Waals surface area contributed by atoms with E-state index < -0.39 is 41.0 Å². The standard InChI is InChI=1S/C29H25F4NO4/c1-28(2,3)18-9-14-22(38-4)21(15-18)25(35)23-24(16-5-10-19(30)11-6-16)34(27(37)26(23)36)20-12-7-17(8-13-20)29(31,32)33/h5-15,24,35H,1-4H3/b25-23+. The maximum absolute atomic E-state index is 13.7. The van der Waals surface area contributed by atoms with Crippen molar-refractivity contribution >= 4 is 23.1 Å². The van der Waals surface area contributed by atoms with Crippen molar-refractivity contribution in [1.29, 1.82) is 0 Å². The molecule has 1 aliphatic rings. The third kappa shape index (κ3) is 4.88. The highest BCUT2D eigenvalue weighted by molar-refractivity contribution is 6.51. The summed E-state index contributed by atoms with van der Waals surface area (Å²) in [4.78, 5) is 27.6. The number of hydrogen-bond donors (Lipinski definition) is 1. The van der Waals surface area contributed by atoms with Crippen LogP contribution >= 0.6 is 0 Å². The Morgan fingerprint density at radius 1 is 0.895 bits per heavy atom. The molecule has 1 unspecified atom stereocenters. The molecule has 1 N–H and O–H groups in total. The van der Waals surface area contributed by atoms with Crippen molar-refractivity contribution < 1.29 is 37.0 Å². The first-order valence-corrected chi connectivity index (χ1v) is 11.7. The van der Waals surface area contributed by atoms with E-state index in [0.29, 0.717) is 0 Å². The van der Waals surface area contributed by atoms with E-state index in [2.05, 4.69) is 0 Å². The van der Waals surface area contributed by atoms with Crippen LogP contribution < -0.4 is 9.64 Å². The highest BCUT2D eigenvalue weighted by atomic mass is 19.4. The van der Waals surface area contributed by atoms with E-state index in [-0.39, 0.29) is 33.6 Å². The van der Waals surface area contributed by atoms with Gasteiger partial charge in [-0.3, -0.25) is 14.5 Å². The number of methoxy groups -OCH3 is 1. The summed E-state index contributed by atoms with van der Waals surface area (Å²) in [6.45, 7) is 5.88. The first-order valence-electron chi connectivity index (χ1n) is 11.7. The Morgan fingerprint density at radius 3 is 2.00 bits per heavy atom. The van der Waals surface area contributed by atoms with Gasteiger partial charge in [0.15, 0.2) is 0 Å². The number of carbonyl (C=O) groups is 2. The van der Waals surface area contributed by atoms with Crippen LogP contribution in [0.1, 0.15) is 49.1 Å². The second-order valence-corrected chi connectivity index (χ2v) is 9.93. The van der Waals surface area contributed by atoms with Crippen LogP contribution in [0.3, 0.4) is 0 Å². The van der Waals surface area contributed by atoms with Gasteiger partial charge in [0.25, 0.3) is 11.7 Å². The average molecular weight is 528 g/mol. The molecule has 1 amide bonds. The summed E-state index contributed by atoms with van der Waals surface area (Å²) in [7, 11) is 1.39. The number of ketones is 1. The number of hydrogen-bond acceptors (Lipinski definition) is 4. The fraction of sp³-hybridized carbons (Fsp3) is 0.241. The van der Waals surface area contributed by atoms with Gasteiger partial charge in [-0.05, 0) is 65.1 Å². The Morgan fingerprint density at radius 2 is 1.47 bits per heavy atom. The molecule has 0 aliphatic carbocycles. The van der Waals surface area contributed by atoms with Gasteiger partial charge in [-0.2, -0.15) is 13.2 Å². The second-order valence-electron chi connectivity index (χ2n) is 9.93. The highest BCUT2D eigenvalue weighted by Gasteiger charge is 2.47. The lowest BCUT2D eigenvalue weighted by molar-refractivity contribution is -0.137. The third-order valence-corrected chi connectivity index (χ3v) is 6.42. The van der Waals surface area contributed by atoms with Crippen LogP contribution in [-0.2, 0) is 21.2 Å². The predicted octanol–water partition coefficient (Wildman–Crippen LogP) is 6.78. The van der Waals surface area contributed by atoms with E-state index in [1.807, 2.05) is 26.8 Å². The summed E-state index contributed by atoms with van der Waals surface area (Å²) < 4.78 is 58.6. The van der Waals surface area contributed by atoms with Gasteiger partial charge in [0.2, 0.25) is 0 Å². The molecule has 0 saturated carbocycles. The number of alkyl halides is 3. The van der Waals surface area contributed by atoms with Crippen molar-refractivity contribution in [1.82, 2.24) is 0 Å². The van der Waals surface area contributed by atoms with Crippen molar-refractivity contribution in [3.8, 4) is 5.75 Å². The number of nitrogens with zero attached hydrogens (tertiary/aromatic N) is 1. The van der Waals surface area contributed by atoms with Crippen molar-refractivity contribution in [2.45, 2.75) is 38.4 Å². The number of amides is 1. The summed E-state index contributed by atoms with van der Waals surface area (Å²) >= 11 is 0. The van der Waals surface area contributed by atoms with Crippen LogP contribution in [0, 0.1) is 5.82 Å². The van der Waals surface area contributed by atoms with Gasteiger partial charge in [-0.25, -0.2) is 4.39 Å². The molecule has 1 saturated heterocycles. The molecule has 1 atom stereocenters. The minimum atomic E-state index is -4.60. The summed E-state index contributed by atoms with van der Waals surface area (Å²) in [5, 5.41) is 11.5. The molecule has 0 radical (unpaired) electrons. The van der Waals surface area contributed by atoms with E-state index in [1.165, 1.54) is 19.2 Å². The fourth-order valence-electron chi connectivity index (χ4n) is 4.37. The molecule has 0 spiro atoms. The van der Waals surface area contributed by atoms with E-state index in [0.717, 1.165) is 46.9 Å². The zero-order valence-electron chi connectivity index (χ0n) is 21.1. The minimum absolute atomic E-state index is 0.00359. The lowest BCUT2D eigenvalue weighted by Crippen LogP contribution is -2.29. The number of aliphatic hydroxyl groups is 1. The molecule has 5 nitrogen and oxygen atoms in total. The molecular formula is C29H25F4NO4. The van der Waals surface area contributed by atoms with Crippen molar-refractivity contribution in [3.63, 3.8) is 0 Å². The summed E-state index contributed by atoms with van der Waals surface area (Å²) in [5.41, 5.74) is -0.301. The zero-order chi connectivity index (χ0) is 28.0. The monoisotopic (exact) mass is 527 g/mol. The second kappa shape index (κ2) is 9.63. The quantitative estimate of drug-likeness (QED) is 0.176. The average Bonchev–Trinajstić information content (AvgIpc) is 3.13. The van der Waals surface area contributed by atoms with Crippen LogP contribution in [-0.4, -0.2) is 23.9 Å². The van der Waals surface area contributed by atoms with Crippen LogP contribution in [0.4, 0.5) is 23.2 Å². The topological polar surface area (TPSA) is 66.8 Å². The Kier molecular flexibility index (Phi) is 6.82. The number of carbonyl (C=O) groups excluding carboxylic acids is 2. The first kappa shape index (κ1) is 26.9. The molecule has 4 rings (SSSR count). The Labute approximate surface area is 217 Å². The molecule has 3 aromatic carbocycles. The van der Waals surface area contributed by atoms with Gasteiger partial charge in [0.05, 0.1) is 29.9 Å². The number of aliphatic hydroxyl groups excluding tert-OH is 1. The summed E-state index contributed by atoms with van der Waals surface area (Å²) in [6, 6.07) is 12.6. The largest absolute Gasteiger partial charge is 0.507 e. The number of halogens is 4. The van der Waals surface area contributed by atoms with E-state index in [1.54, 1.807) is 12.1 Å². The van der Waals surface area contributed by atoms with Crippen molar-refractivity contribution in [2.75, 3.05) is 12.0 Å². The molecule has 1 fully saturated rings. The number of Topliss-reactive ketones (excluding diaryl/α,β-unsaturated/α-hetero) is 1. The number of benzene rings is 3. The molecule has 1 aliphatic heterocycles. The Balaban J connectivity index is 1.96. The van der Waals surface area contributed by atoms with Gasteiger partial charge < -0.3 is 9.84 Å². The number of anilines is 1. The highest BCUT2D eigenvalue weighted by Crippen LogP contribution is 2.44. The number of ether oxygens (including phenoxy) is 1. The van der Waals surface area contributed by atoms with Gasteiger partial charge in [-0.15, -0.1) is 0 Å². The van der Waals surface area contributed by atoms with Gasteiger partial charge >= 0.3 is 6.18 Å². The molecular weight excluding hydrogens is 502 g/mol. The van der Waals surface area contributed by atoms with Crippen molar-refractivity contribution in [3.05, 3.63) is 100 Å². The zero-order valence-corrected chi connectivity index (χ0v) is 21.1. The van der Waals surface area contributed by atoms with E-state index >= 15 is 0 Å². The Bertz CT molecular complexity index is 1420. The van der Waals surface area contributed by atoms with Crippen LogP contribution in [0.5, 0.6) is 5.75 Å². The molecule has 0 bridgehead atoms. The molecule has 0 aromatic heterocycles. The molecule has 1 heterocycles. The SMILES string of the molecule is COc1ccc(C(C)(C)C)cc1/C(O)=C1\C(=O)C(=O)N(c2ccc(C(F)(F)F)cc2)C1c1ccc(F)cc1. The van der Waals surface area contributed by atoms with Gasteiger partial charge in [0.1, 0.15) is 17.3 Å². The maximum atomic E-state index is 13.7. The fourth-order valence-corrected chi connectivity index (χ4v) is 4.37. The maximum Gasteiger partial charge on any atom is 0.416 e. The summed E-state index contributed by atoms with van der Waals surface area (Å²) in [5.74, 6) is -2.93. The van der Waals surface area contributed by atoms with Gasteiger partial charge in [0, 0.05) is 5.69 Å². The summed E-state index contributed by atoms with van der Waals surface area (Å²) in [6.07, 6.45) is -4.60. The molecule has 9 heteroatoms.